The number of nitrogens with one attached hydrogen (secondary N) is 2. The van der Waals surface area contributed by atoms with Crippen LogP contribution < -0.4 is 10.6 Å². The van der Waals surface area contributed by atoms with Gasteiger partial charge in [-0.3, -0.25) is 9.59 Å². The Kier molecular flexibility index (Phi) is 5.69. The van der Waals surface area contributed by atoms with E-state index in [0.717, 1.165) is 23.2 Å². The van der Waals surface area contributed by atoms with E-state index in [0.29, 0.717) is 5.82 Å². The summed E-state index contributed by atoms with van der Waals surface area (Å²) < 4.78 is 0. The van der Waals surface area contributed by atoms with Gasteiger partial charge < -0.3 is 10.6 Å². The van der Waals surface area contributed by atoms with Crippen molar-refractivity contribution in [1.29, 1.82) is 0 Å². The Hall–Kier alpha value is -3.07. The van der Waals surface area contributed by atoms with Gasteiger partial charge in [0.25, 0.3) is 0 Å². The monoisotopic (exact) mass is 370 g/mol. The molecule has 9 heteroatoms. The summed E-state index contributed by atoms with van der Waals surface area (Å²) in [5.41, 5.74) is 2.66. The van der Waals surface area contributed by atoms with Gasteiger partial charge in [0.1, 0.15) is 6.54 Å². The van der Waals surface area contributed by atoms with Crippen LogP contribution in [-0.4, -0.2) is 38.6 Å². The van der Waals surface area contributed by atoms with Crippen LogP contribution in [0.5, 0.6) is 0 Å². The second-order valence-electron chi connectivity index (χ2n) is 5.49. The molecule has 2 amide bonds. The largest absolute Gasteiger partial charge is 0.345 e. The predicted octanol–water partition coefficient (Wildman–Crippen LogP) is 1.72. The summed E-state index contributed by atoms with van der Waals surface area (Å²) in [6.45, 7) is 1.79. The van der Waals surface area contributed by atoms with Gasteiger partial charge in [0.2, 0.25) is 17.6 Å². The number of aryl methyl sites for hydroxylation is 1. The molecule has 0 radical (unpaired) electrons. The third-order valence-corrected chi connectivity index (χ3v) is 4.32. The van der Waals surface area contributed by atoms with Crippen LogP contribution in [0.1, 0.15) is 12.5 Å². The zero-order chi connectivity index (χ0) is 18.4. The van der Waals surface area contributed by atoms with Crippen LogP contribution in [0.3, 0.4) is 0 Å². The minimum Gasteiger partial charge on any atom is -0.345 e. The summed E-state index contributed by atoms with van der Waals surface area (Å²) in [7, 11) is 0. The Morgan fingerprint density at radius 2 is 2.04 bits per heavy atom. The number of amides is 2. The first-order valence-corrected chi connectivity index (χ1v) is 9.05. The highest BCUT2D eigenvalue weighted by Gasteiger charge is 2.11. The molecule has 2 N–H and O–H groups in total. The van der Waals surface area contributed by atoms with Crippen LogP contribution in [0.4, 0.5) is 5.69 Å². The Morgan fingerprint density at radius 3 is 2.81 bits per heavy atom. The summed E-state index contributed by atoms with van der Waals surface area (Å²) in [5, 5.41) is 21.1. The lowest BCUT2D eigenvalue weighted by molar-refractivity contribution is -0.124. The number of hydrogen-bond donors (Lipinski definition) is 2. The molecule has 0 unspecified atom stereocenters. The molecule has 2 aromatic heterocycles. The van der Waals surface area contributed by atoms with Crippen LogP contribution in [0.2, 0.25) is 0 Å². The number of thiophene rings is 1. The SMILES string of the molecule is CCc1ccccc1NC(=O)CNC(=O)Cn1nnc(-c2ccsc2)n1. The van der Waals surface area contributed by atoms with Crippen molar-refractivity contribution in [3.05, 3.63) is 46.7 Å². The van der Waals surface area contributed by atoms with Crippen LogP contribution in [-0.2, 0) is 22.6 Å². The van der Waals surface area contributed by atoms with Crippen molar-refractivity contribution in [3.8, 4) is 11.4 Å². The zero-order valence-corrected chi connectivity index (χ0v) is 15.0. The minimum absolute atomic E-state index is 0.101. The van der Waals surface area contributed by atoms with Crippen molar-refractivity contribution < 1.29 is 9.59 Å². The number of tetrazole rings is 1. The predicted molar refractivity (Wildman–Crippen MR) is 98.6 cm³/mol. The molecular formula is C17H18N6O2S. The summed E-state index contributed by atoms with van der Waals surface area (Å²) in [6.07, 6.45) is 0.813. The quantitative estimate of drug-likeness (QED) is 0.659. The Bertz CT molecular complexity index is 890. The minimum atomic E-state index is -0.363. The molecule has 0 fully saturated rings. The average molecular weight is 370 g/mol. The zero-order valence-electron chi connectivity index (χ0n) is 14.2. The van der Waals surface area contributed by atoms with E-state index in [-0.39, 0.29) is 24.9 Å². The number of hydrogen-bond acceptors (Lipinski definition) is 6. The maximum absolute atomic E-state index is 12.0. The number of rotatable bonds is 7. The third kappa shape index (κ3) is 4.51. The first-order valence-electron chi connectivity index (χ1n) is 8.10. The summed E-state index contributed by atoms with van der Waals surface area (Å²) in [5.74, 6) is -0.184. The van der Waals surface area contributed by atoms with Gasteiger partial charge in [0.05, 0.1) is 6.54 Å². The maximum atomic E-state index is 12.0. The highest BCUT2D eigenvalue weighted by atomic mass is 32.1. The van der Waals surface area contributed by atoms with Crippen molar-refractivity contribution in [2.24, 2.45) is 0 Å². The number of benzene rings is 1. The van der Waals surface area contributed by atoms with E-state index in [9.17, 15) is 9.59 Å². The van der Waals surface area contributed by atoms with Gasteiger partial charge >= 0.3 is 0 Å². The van der Waals surface area contributed by atoms with Gasteiger partial charge in [-0.2, -0.15) is 16.1 Å². The number of nitrogens with zero attached hydrogens (tertiary/aromatic N) is 4. The third-order valence-electron chi connectivity index (χ3n) is 3.64. The van der Waals surface area contributed by atoms with Crippen molar-refractivity contribution in [2.75, 3.05) is 11.9 Å². The number of aromatic nitrogens is 4. The molecular weight excluding hydrogens is 352 g/mol. The van der Waals surface area contributed by atoms with Crippen molar-refractivity contribution in [1.82, 2.24) is 25.5 Å². The number of carbonyl (C=O) groups is 2. The molecule has 0 saturated heterocycles. The van der Waals surface area contributed by atoms with Crippen LogP contribution in [0, 0.1) is 0 Å². The van der Waals surface area contributed by atoms with E-state index < -0.39 is 0 Å². The number of para-hydroxylation sites is 1. The van der Waals surface area contributed by atoms with Gasteiger partial charge in [0, 0.05) is 16.6 Å². The molecule has 134 valence electrons. The van der Waals surface area contributed by atoms with E-state index in [1.165, 1.54) is 16.1 Å². The molecule has 8 nitrogen and oxygen atoms in total. The van der Waals surface area contributed by atoms with Gasteiger partial charge in [-0.05, 0) is 34.7 Å². The lowest BCUT2D eigenvalue weighted by Gasteiger charge is -2.10. The molecule has 0 atom stereocenters. The standard InChI is InChI=1S/C17H18N6O2S/c1-2-12-5-3-4-6-14(12)19-15(24)9-18-16(25)10-23-21-17(20-22-23)13-7-8-26-11-13/h3-8,11H,2,9-10H2,1H3,(H,18,25)(H,19,24). The van der Waals surface area contributed by atoms with E-state index in [2.05, 4.69) is 26.0 Å². The summed E-state index contributed by atoms with van der Waals surface area (Å²) >= 11 is 1.53. The fourth-order valence-corrected chi connectivity index (χ4v) is 2.96. The average Bonchev–Trinajstić information content (AvgIpc) is 3.32. The molecule has 0 aliphatic rings. The molecule has 3 aromatic rings. The van der Waals surface area contributed by atoms with Crippen LogP contribution in [0.15, 0.2) is 41.1 Å². The summed E-state index contributed by atoms with van der Waals surface area (Å²) in [4.78, 5) is 25.2. The van der Waals surface area contributed by atoms with Crippen molar-refractivity contribution >= 4 is 28.8 Å². The highest BCUT2D eigenvalue weighted by molar-refractivity contribution is 7.08. The first kappa shape index (κ1) is 17.7. The molecule has 0 saturated carbocycles. The molecule has 0 spiro atoms. The normalized spacial score (nSPS) is 10.5. The fourth-order valence-electron chi connectivity index (χ4n) is 2.33. The fraction of sp³-hybridized carbons (Fsp3) is 0.235. The van der Waals surface area contributed by atoms with Gasteiger partial charge in [-0.1, -0.05) is 25.1 Å². The summed E-state index contributed by atoms with van der Waals surface area (Å²) in [6, 6.07) is 9.45. The van der Waals surface area contributed by atoms with Crippen molar-refractivity contribution in [3.63, 3.8) is 0 Å². The molecule has 0 bridgehead atoms. The molecule has 3 rings (SSSR count). The molecule has 26 heavy (non-hydrogen) atoms. The molecule has 1 aromatic carbocycles. The van der Waals surface area contributed by atoms with Crippen molar-refractivity contribution in [2.45, 2.75) is 19.9 Å². The van der Waals surface area contributed by atoms with E-state index >= 15 is 0 Å². The van der Waals surface area contributed by atoms with E-state index in [1.54, 1.807) is 0 Å². The van der Waals surface area contributed by atoms with Gasteiger partial charge in [0.15, 0.2) is 0 Å². The Balaban J connectivity index is 1.49. The smallest absolute Gasteiger partial charge is 0.244 e. The maximum Gasteiger partial charge on any atom is 0.244 e. The van der Waals surface area contributed by atoms with Crippen LogP contribution in [0.25, 0.3) is 11.4 Å². The Labute approximate surface area is 154 Å². The van der Waals surface area contributed by atoms with Crippen LogP contribution >= 0.6 is 11.3 Å². The van der Waals surface area contributed by atoms with E-state index in [4.69, 9.17) is 0 Å². The molecule has 2 heterocycles. The second kappa shape index (κ2) is 8.34. The number of anilines is 1. The second-order valence-corrected chi connectivity index (χ2v) is 6.27. The lowest BCUT2D eigenvalue weighted by atomic mass is 10.1. The van der Waals surface area contributed by atoms with Gasteiger partial charge in [-0.15, -0.1) is 10.2 Å². The van der Waals surface area contributed by atoms with E-state index in [1.807, 2.05) is 48.0 Å². The number of carbonyl (C=O) groups excluding carboxylic acids is 2. The first-order chi connectivity index (χ1) is 12.7. The lowest BCUT2D eigenvalue weighted by Crippen LogP contribution is -2.35. The van der Waals surface area contributed by atoms with Gasteiger partial charge in [-0.25, -0.2) is 0 Å². The highest BCUT2D eigenvalue weighted by Crippen LogP contribution is 2.16. The topological polar surface area (TPSA) is 102 Å². The Morgan fingerprint density at radius 1 is 1.19 bits per heavy atom. The molecule has 0 aliphatic carbocycles. The molecule has 0 aliphatic heterocycles.